The van der Waals surface area contributed by atoms with Crippen molar-refractivity contribution < 1.29 is 4.79 Å². The van der Waals surface area contributed by atoms with E-state index in [9.17, 15) is 4.79 Å². The van der Waals surface area contributed by atoms with E-state index in [0.29, 0.717) is 0 Å². The summed E-state index contributed by atoms with van der Waals surface area (Å²) in [6.07, 6.45) is 1.08. The fraction of sp³-hybridized carbons (Fsp3) is 0.238. The van der Waals surface area contributed by atoms with E-state index in [4.69, 9.17) is 0 Å². The van der Waals surface area contributed by atoms with Crippen LogP contribution in [0.25, 0.3) is 22.0 Å². The van der Waals surface area contributed by atoms with E-state index in [1.165, 1.54) is 16.7 Å². The molecule has 0 fully saturated rings. The van der Waals surface area contributed by atoms with E-state index < -0.39 is 0 Å². The Kier molecular flexibility index (Phi) is 3.66. The Bertz CT molecular complexity index is 959. The number of carbonyl (C=O) groups is 1. The summed E-state index contributed by atoms with van der Waals surface area (Å²) < 4.78 is 0. The second kappa shape index (κ2) is 5.84. The van der Waals surface area contributed by atoms with Crippen LogP contribution in [0.5, 0.6) is 0 Å². The normalized spacial score (nSPS) is 13.8. The number of fused-ring (bicyclic) bond motifs is 2. The van der Waals surface area contributed by atoms with Crippen LogP contribution in [0.3, 0.4) is 0 Å². The third-order valence-electron chi connectivity index (χ3n) is 4.75. The quantitative estimate of drug-likeness (QED) is 0.725. The number of aryl methyl sites for hydroxylation is 1. The van der Waals surface area contributed by atoms with Gasteiger partial charge in [-0.3, -0.25) is 9.78 Å². The van der Waals surface area contributed by atoms with E-state index >= 15 is 0 Å². The number of hydrogen-bond acceptors (Lipinski definition) is 3. The van der Waals surface area contributed by atoms with Crippen LogP contribution in [0.2, 0.25) is 0 Å². The van der Waals surface area contributed by atoms with Crippen molar-refractivity contribution >= 4 is 16.7 Å². The molecule has 0 aliphatic carbocycles. The standard InChI is InChI=1S/C21H20N2O/c1-13-9-19(17-4-3-15-7-8-22-12-18(15)10-17)20-11-16(14(2)24)5-6-21(20)23-13/h3-6,9-11,22H,7-8,12H2,1-2H3. The fourth-order valence-electron chi connectivity index (χ4n) is 3.46. The van der Waals surface area contributed by atoms with Gasteiger partial charge >= 0.3 is 0 Å². The number of nitrogens with one attached hydrogen (secondary N) is 1. The second-order valence-electron chi connectivity index (χ2n) is 6.51. The van der Waals surface area contributed by atoms with Crippen LogP contribution in [0, 0.1) is 6.92 Å². The van der Waals surface area contributed by atoms with Gasteiger partial charge in [0.2, 0.25) is 0 Å². The van der Waals surface area contributed by atoms with Gasteiger partial charge in [0.25, 0.3) is 0 Å². The van der Waals surface area contributed by atoms with E-state index in [2.05, 4.69) is 34.6 Å². The van der Waals surface area contributed by atoms with Gasteiger partial charge in [0, 0.05) is 23.2 Å². The van der Waals surface area contributed by atoms with Gasteiger partial charge in [-0.05, 0) is 79.4 Å². The molecule has 0 amide bonds. The average molecular weight is 316 g/mol. The minimum absolute atomic E-state index is 0.0815. The molecule has 0 bridgehead atoms. The van der Waals surface area contributed by atoms with Crippen molar-refractivity contribution in [1.29, 1.82) is 0 Å². The van der Waals surface area contributed by atoms with Gasteiger partial charge in [-0.25, -0.2) is 0 Å². The zero-order chi connectivity index (χ0) is 16.7. The molecule has 1 N–H and O–H groups in total. The first-order valence-corrected chi connectivity index (χ1v) is 8.37. The molecule has 0 saturated carbocycles. The number of rotatable bonds is 2. The Morgan fingerprint density at radius 1 is 1.08 bits per heavy atom. The Labute approximate surface area is 141 Å². The van der Waals surface area contributed by atoms with Gasteiger partial charge in [0.1, 0.15) is 0 Å². The van der Waals surface area contributed by atoms with Gasteiger partial charge < -0.3 is 5.32 Å². The summed E-state index contributed by atoms with van der Waals surface area (Å²) in [6, 6.07) is 14.6. The number of carbonyl (C=O) groups excluding carboxylic acids is 1. The molecule has 120 valence electrons. The van der Waals surface area contributed by atoms with Crippen LogP contribution in [0.4, 0.5) is 0 Å². The van der Waals surface area contributed by atoms with Gasteiger partial charge in [-0.1, -0.05) is 12.1 Å². The number of hydrogen-bond donors (Lipinski definition) is 1. The van der Waals surface area contributed by atoms with Crippen molar-refractivity contribution in [2.75, 3.05) is 6.54 Å². The summed E-state index contributed by atoms with van der Waals surface area (Å²) in [5.74, 6) is 0.0815. The molecule has 2 aromatic carbocycles. The molecule has 1 aromatic heterocycles. The molecule has 4 rings (SSSR count). The first kappa shape index (κ1) is 15.0. The van der Waals surface area contributed by atoms with Crippen molar-refractivity contribution in [2.45, 2.75) is 26.8 Å². The predicted molar refractivity (Wildman–Crippen MR) is 97.3 cm³/mol. The summed E-state index contributed by atoms with van der Waals surface area (Å²) in [7, 11) is 0. The van der Waals surface area contributed by atoms with Crippen molar-refractivity contribution in [1.82, 2.24) is 10.3 Å². The van der Waals surface area contributed by atoms with Crippen molar-refractivity contribution in [3.8, 4) is 11.1 Å². The van der Waals surface area contributed by atoms with Crippen LogP contribution >= 0.6 is 0 Å². The van der Waals surface area contributed by atoms with Gasteiger partial charge in [-0.15, -0.1) is 0 Å². The molecule has 0 atom stereocenters. The molecular formula is C21H20N2O. The predicted octanol–water partition coefficient (Wildman–Crippen LogP) is 4.06. The first-order chi connectivity index (χ1) is 11.6. The summed E-state index contributed by atoms with van der Waals surface area (Å²) in [6.45, 7) is 5.59. The number of benzene rings is 2. The molecule has 2 heterocycles. The molecule has 24 heavy (non-hydrogen) atoms. The summed E-state index contributed by atoms with van der Waals surface area (Å²) in [5.41, 5.74) is 7.78. The monoisotopic (exact) mass is 316 g/mol. The van der Waals surface area contributed by atoms with Crippen LogP contribution in [-0.2, 0) is 13.0 Å². The lowest BCUT2D eigenvalue weighted by Gasteiger charge is -2.18. The third kappa shape index (κ3) is 2.61. The van der Waals surface area contributed by atoms with E-state index in [1.54, 1.807) is 6.92 Å². The summed E-state index contributed by atoms with van der Waals surface area (Å²) in [5, 5.41) is 4.47. The fourth-order valence-corrected chi connectivity index (χ4v) is 3.46. The maximum absolute atomic E-state index is 11.8. The van der Waals surface area contributed by atoms with Gasteiger partial charge in [-0.2, -0.15) is 0 Å². The van der Waals surface area contributed by atoms with Crippen LogP contribution < -0.4 is 5.32 Å². The Balaban J connectivity index is 1.94. The summed E-state index contributed by atoms with van der Waals surface area (Å²) >= 11 is 0. The molecular weight excluding hydrogens is 296 g/mol. The zero-order valence-electron chi connectivity index (χ0n) is 14.0. The SMILES string of the molecule is CC(=O)c1ccc2nc(C)cc(-c3ccc4c(c3)CNCC4)c2c1. The molecule has 1 aliphatic heterocycles. The number of nitrogens with zero attached hydrogens (tertiary/aromatic N) is 1. The number of ketones is 1. The second-order valence-corrected chi connectivity index (χ2v) is 6.51. The molecule has 3 nitrogen and oxygen atoms in total. The Morgan fingerprint density at radius 2 is 1.96 bits per heavy atom. The first-order valence-electron chi connectivity index (χ1n) is 8.37. The minimum atomic E-state index is 0.0815. The maximum atomic E-state index is 11.8. The van der Waals surface area contributed by atoms with Gasteiger partial charge in [0.15, 0.2) is 5.78 Å². The maximum Gasteiger partial charge on any atom is 0.159 e. The number of Topliss-reactive ketones (excluding diaryl/α,β-unsaturated/α-hetero) is 1. The lowest BCUT2D eigenvalue weighted by Crippen LogP contribution is -2.23. The molecule has 0 unspecified atom stereocenters. The highest BCUT2D eigenvalue weighted by molar-refractivity contribution is 6.02. The van der Waals surface area contributed by atoms with Crippen molar-refractivity contribution in [3.05, 3.63) is 64.8 Å². The lowest BCUT2D eigenvalue weighted by molar-refractivity contribution is 0.101. The van der Waals surface area contributed by atoms with Crippen molar-refractivity contribution in [3.63, 3.8) is 0 Å². The van der Waals surface area contributed by atoms with Crippen LogP contribution in [-0.4, -0.2) is 17.3 Å². The van der Waals surface area contributed by atoms with E-state index in [0.717, 1.165) is 47.2 Å². The minimum Gasteiger partial charge on any atom is -0.312 e. The highest BCUT2D eigenvalue weighted by Gasteiger charge is 2.13. The third-order valence-corrected chi connectivity index (χ3v) is 4.75. The zero-order valence-corrected chi connectivity index (χ0v) is 14.0. The number of pyridine rings is 1. The Hall–Kier alpha value is -2.52. The highest BCUT2D eigenvalue weighted by atomic mass is 16.1. The molecule has 1 aliphatic rings. The molecule has 0 spiro atoms. The molecule has 3 aromatic rings. The average Bonchev–Trinajstić information content (AvgIpc) is 2.60. The van der Waals surface area contributed by atoms with E-state index in [-0.39, 0.29) is 5.78 Å². The van der Waals surface area contributed by atoms with Crippen molar-refractivity contribution in [2.24, 2.45) is 0 Å². The largest absolute Gasteiger partial charge is 0.312 e. The topological polar surface area (TPSA) is 42.0 Å². The van der Waals surface area contributed by atoms with E-state index in [1.807, 2.05) is 25.1 Å². The summed E-state index contributed by atoms with van der Waals surface area (Å²) in [4.78, 5) is 16.4. The lowest BCUT2D eigenvalue weighted by atomic mass is 9.93. The number of aromatic nitrogens is 1. The van der Waals surface area contributed by atoms with Crippen LogP contribution in [0.1, 0.15) is 34.1 Å². The highest BCUT2D eigenvalue weighted by Crippen LogP contribution is 2.31. The van der Waals surface area contributed by atoms with Gasteiger partial charge in [0.05, 0.1) is 5.52 Å². The Morgan fingerprint density at radius 3 is 2.79 bits per heavy atom. The molecule has 0 radical (unpaired) electrons. The smallest absolute Gasteiger partial charge is 0.159 e. The molecule has 3 heteroatoms. The molecule has 0 saturated heterocycles. The van der Waals surface area contributed by atoms with Crippen LogP contribution in [0.15, 0.2) is 42.5 Å².